The lowest BCUT2D eigenvalue weighted by Crippen LogP contribution is -2.13. The molecule has 0 radical (unpaired) electrons. The van der Waals surface area contributed by atoms with E-state index in [-0.39, 0.29) is 12.2 Å². The molecular formula is C14H25O3P. The van der Waals surface area contributed by atoms with E-state index in [1.54, 1.807) is 0 Å². The van der Waals surface area contributed by atoms with E-state index in [0.717, 1.165) is 25.7 Å². The molecule has 0 bridgehead atoms. The molecule has 0 aromatic heterocycles. The first-order chi connectivity index (χ1) is 8.72. The first kappa shape index (κ1) is 14.3. The Balaban J connectivity index is 1.93. The first-order valence-corrected chi connectivity index (χ1v) is 9.02. The lowest BCUT2D eigenvalue weighted by Gasteiger charge is -2.24. The predicted octanol–water partition coefficient (Wildman–Crippen LogP) is 4.67. The Hall–Kier alpha value is -0.110. The fraction of sp³-hybridized carbons (Fsp3) is 0.857. The van der Waals surface area contributed by atoms with E-state index in [0.29, 0.717) is 6.16 Å². The summed E-state index contributed by atoms with van der Waals surface area (Å²) in [6.45, 7) is 1.94. The van der Waals surface area contributed by atoms with Gasteiger partial charge in [-0.05, 0) is 32.6 Å². The van der Waals surface area contributed by atoms with Crippen LogP contribution in [-0.4, -0.2) is 18.4 Å². The van der Waals surface area contributed by atoms with Gasteiger partial charge in [0.15, 0.2) is 0 Å². The molecule has 0 spiro atoms. The van der Waals surface area contributed by atoms with Gasteiger partial charge in [-0.3, -0.25) is 4.57 Å². The lowest BCUT2D eigenvalue weighted by atomic mass is 10.3. The average Bonchev–Trinajstić information content (AvgIpc) is 3.00. The minimum absolute atomic E-state index is 0.155. The van der Waals surface area contributed by atoms with Gasteiger partial charge in [-0.1, -0.05) is 37.8 Å². The number of hydrogen-bond donors (Lipinski definition) is 0. The molecule has 0 saturated heterocycles. The van der Waals surface area contributed by atoms with Crippen LogP contribution >= 0.6 is 7.60 Å². The predicted molar refractivity (Wildman–Crippen MR) is 74.0 cm³/mol. The summed E-state index contributed by atoms with van der Waals surface area (Å²) in [6.07, 6.45) is 13.5. The molecule has 2 saturated carbocycles. The van der Waals surface area contributed by atoms with Crippen molar-refractivity contribution in [3.8, 4) is 0 Å². The molecule has 2 aliphatic carbocycles. The summed E-state index contributed by atoms with van der Waals surface area (Å²) in [5.41, 5.74) is 0. The third-order valence-electron chi connectivity index (χ3n) is 3.79. The molecule has 0 atom stereocenters. The lowest BCUT2D eigenvalue weighted by molar-refractivity contribution is 0.119. The van der Waals surface area contributed by atoms with Crippen LogP contribution in [0.2, 0.25) is 0 Å². The van der Waals surface area contributed by atoms with Crippen molar-refractivity contribution in [2.45, 2.75) is 70.5 Å². The van der Waals surface area contributed by atoms with Gasteiger partial charge < -0.3 is 9.05 Å². The van der Waals surface area contributed by atoms with E-state index < -0.39 is 7.60 Å². The van der Waals surface area contributed by atoms with Gasteiger partial charge in [0.1, 0.15) is 0 Å². The molecule has 0 N–H and O–H groups in total. The van der Waals surface area contributed by atoms with E-state index in [1.165, 1.54) is 25.7 Å². The van der Waals surface area contributed by atoms with Crippen molar-refractivity contribution in [2.75, 3.05) is 6.16 Å². The van der Waals surface area contributed by atoms with E-state index in [9.17, 15) is 4.57 Å². The Kier molecular flexibility index (Phi) is 5.47. The summed E-state index contributed by atoms with van der Waals surface area (Å²) in [4.78, 5) is 0. The molecular weight excluding hydrogens is 247 g/mol. The molecule has 104 valence electrons. The fourth-order valence-corrected chi connectivity index (χ4v) is 4.81. The van der Waals surface area contributed by atoms with Crippen LogP contribution < -0.4 is 0 Å². The van der Waals surface area contributed by atoms with Crippen molar-refractivity contribution >= 4 is 7.60 Å². The van der Waals surface area contributed by atoms with Gasteiger partial charge in [-0.2, -0.15) is 0 Å². The van der Waals surface area contributed by atoms with Crippen LogP contribution in [0.3, 0.4) is 0 Å². The summed E-state index contributed by atoms with van der Waals surface area (Å²) in [6, 6.07) is 0. The summed E-state index contributed by atoms with van der Waals surface area (Å²) < 4.78 is 24.5. The van der Waals surface area contributed by atoms with E-state index in [4.69, 9.17) is 9.05 Å². The van der Waals surface area contributed by atoms with Gasteiger partial charge in [0.2, 0.25) is 0 Å². The Morgan fingerprint density at radius 1 is 1.00 bits per heavy atom. The van der Waals surface area contributed by atoms with Crippen LogP contribution in [-0.2, 0) is 13.6 Å². The second kappa shape index (κ2) is 6.88. The molecule has 0 aliphatic heterocycles. The highest BCUT2D eigenvalue weighted by Crippen LogP contribution is 2.53. The Labute approximate surface area is 110 Å². The molecule has 4 heteroatoms. The Morgan fingerprint density at radius 3 is 1.83 bits per heavy atom. The van der Waals surface area contributed by atoms with Crippen LogP contribution in [0.25, 0.3) is 0 Å². The van der Waals surface area contributed by atoms with Gasteiger partial charge in [0.25, 0.3) is 0 Å². The van der Waals surface area contributed by atoms with Crippen LogP contribution in [0.4, 0.5) is 0 Å². The highest BCUT2D eigenvalue weighted by atomic mass is 31.2. The summed E-state index contributed by atoms with van der Waals surface area (Å²) in [5, 5.41) is 0. The second-order valence-corrected chi connectivity index (χ2v) is 7.39. The summed E-state index contributed by atoms with van der Waals surface area (Å²) >= 11 is 0. The van der Waals surface area contributed by atoms with Crippen molar-refractivity contribution < 1.29 is 13.6 Å². The van der Waals surface area contributed by atoms with Crippen molar-refractivity contribution in [1.82, 2.24) is 0 Å². The largest absolute Gasteiger partial charge is 0.334 e. The quantitative estimate of drug-likeness (QED) is 0.520. The zero-order valence-corrected chi connectivity index (χ0v) is 12.2. The highest BCUT2D eigenvalue weighted by Gasteiger charge is 2.33. The number of hydrogen-bond acceptors (Lipinski definition) is 3. The van der Waals surface area contributed by atoms with Crippen LogP contribution in [0.15, 0.2) is 12.2 Å². The zero-order chi connectivity index (χ0) is 12.8. The standard InChI is InChI=1S/C14H25O3P/c1-2-3-12-18(15,16-13-8-4-5-9-13)17-14-10-6-7-11-14/h2-3,13-14H,4-12H2,1H3/b3-2+. The minimum Gasteiger partial charge on any atom is -0.305 e. The molecule has 0 amide bonds. The van der Waals surface area contributed by atoms with Crippen molar-refractivity contribution in [3.63, 3.8) is 0 Å². The van der Waals surface area contributed by atoms with E-state index in [1.807, 2.05) is 19.1 Å². The Morgan fingerprint density at radius 2 is 1.44 bits per heavy atom. The maximum Gasteiger partial charge on any atom is 0.334 e. The molecule has 0 aromatic carbocycles. The van der Waals surface area contributed by atoms with Crippen LogP contribution in [0.1, 0.15) is 58.3 Å². The van der Waals surface area contributed by atoms with Crippen molar-refractivity contribution in [2.24, 2.45) is 0 Å². The SMILES string of the molecule is C/C=C/CP(=O)(OC1CCCC1)OC1CCCC1. The van der Waals surface area contributed by atoms with Gasteiger partial charge in [0, 0.05) is 0 Å². The molecule has 2 aliphatic rings. The third kappa shape index (κ3) is 4.22. The summed E-state index contributed by atoms with van der Waals surface area (Å²) in [5.74, 6) is 0. The van der Waals surface area contributed by atoms with E-state index in [2.05, 4.69) is 0 Å². The molecule has 2 fully saturated rings. The smallest absolute Gasteiger partial charge is 0.305 e. The fourth-order valence-electron chi connectivity index (χ4n) is 2.79. The molecule has 3 nitrogen and oxygen atoms in total. The number of allylic oxidation sites excluding steroid dienone is 2. The molecule has 0 heterocycles. The molecule has 0 unspecified atom stereocenters. The summed E-state index contributed by atoms with van der Waals surface area (Å²) in [7, 11) is -2.92. The normalized spacial score (nSPS) is 23.4. The minimum atomic E-state index is -2.92. The number of rotatable bonds is 6. The van der Waals surface area contributed by atoms with Crippen LogP contribution in [0, 0.1) is 0 Å². The molecule has 18 heavy (non-hydrogen) atoms. The van der Waals surface area contributed by atoms with Gasteiger partial charge >= 0.3 is 7.60 Å². The molecule has 2 rings (SSSR count). The second-order valence-electron chi connectivity index (χ2n) is 5.39. The molecule has 0 aromatic rings. The topological polar surface area (TPSA) is 35.5 Å². The van der Waals surface area contributed by atoms with Gasteiger partial charge in [-0.15, -0.1) is 0 Å². The van der Waals surface area contributed by atoms with E-state index >= 15 is 0 Å². The Bertz CT molecular complexity index is 293. The van der Waals surface area contributed by atoms with Gasteiger partial charge in [0.05, 0.1) is 18.4 Å². The third-order valence-corrected chi connectivity index (χ3v) is 5.69. The van der Waals surface area contributed by atoms with Crippen LogP contribution in [0.5, 0.6) is 0 Å². The highest BCUT2D eigenvalue weighted by molar-refractivity contribution is 7.54. The average molecular weight is 272 g/mol. The van der Waals surface area contributed by atoms with Crippen molar-refractivity contribution in [1.29, 1.82) is 0 Å². The van der Waals surface area contributed by atoms with Crippen molar-refractivity contribution in [3.05, 3.63) is 12.2 Å². The monoisotopic (exact) mass is 272 g/mol. The first-order valence-electron chi connectivity index (χ1n) is 7.29. The van der Waals surface area contributed by atoms with Gasteiger partial charge in [-0.25, -0.2) is 0 Å². The maximum absolute atomic E-state index is 12.8. The zero-order valence-electron chi connectivity index (χ0n) is 11.3. The maximum atomic E-state index is 12.8.